The zero-order valence-electron chi connectivity index (χ0n) is 11.6. The second-order valence-electron chi connectivity index (χ2n) is 5.97. The van der Waals surface area contributed by atoms with Gasteiger partial charge in [-0.25, -0.2) is 8.42 Å². The lowest BCUT2D eigenvalue weighted by Crippen LogP contribution is -2.41. The van der Waals surface area contributed by atoms with Gasteiger partial charge in [-0.15, -0.1) is 0 Å². The van der Waals surface area contributed by atoms with Crippen molar-refractivity contribution in [1.29, 1.82) is 0 Å². The summed E-state index contributed by atoms with van der Waals surface area (Å²) < 4.78 is 23.7. The minimum Gasteiger partial charge on any atom is -0.312 e. The molecule has 0 amide bonds. The number of hydrogen-bond donors (Lipinski definition) is 1. The molecule has 1 saturated carbocycles. The molecule has 0 spiro atoms. The van der Waals surface area contributed by atoms with Crippen molar-refractivity contribution in [2.45, 2.75) is 44.4 Å². The zero-order chi connectivity index (χ0) is 13.2. The molecule has 1 saturated heterocycles. The fraction of sp³-hybridized carbons (Fsp3) is 1.00. The molecular weight excluding hydrogens is 248 g/mol. The summed E-state index contributed by atoms with van der Waals surface area (Å²) in [6, 6.07) is 0.592. The van der Waals surface area contributed by atoms with E-state index in [1.165, 1.54) is 12.8 Å². The van der Waals surface area contributed by atoms with Crippen LogP contribution in [-0.4, -0.2) is 56.5 Å². The summed E-state index contributed by atoms with van der Waals surface area (Å²) >= 11 is 0. The highest BCUT2D eigenvalue weighted by molar-refractivity contribution is 7.92. The highest BCUT2D eigenvalue weighted by Gasteiger charge is 2.33. The lowest BCUT2D eigenvalue weighted by atomic mass is 10.2. The van der Waals surface area contributed by atoms with E-state index in [1.54, 1.807) is 13.8 Å². The number of rotatable bonds is 5. The van der Waals surface area contributed by atoms with E-state index >= 15 is 0 Å². The van der Waals surface area contributed by atoms with Crippen molar-refractivity contribution in [3.05, 3.63) is 0 Å². The summed E-state index contributed by atoms with van der Waals surface area (Å²) in [5.74, 6) is 1.15. The average molecular weight is 274 g/mol. The summed E-state index contributed by atoms with van der Waals surface area (Å²) in [4.78, 5) is 2.34. The summed E-state index contributed by atoms with van der Waals surface area (Å²) in [6.07, 6.45) is 3.82. The molecule has 1 aliphatic heterocycles. The summed E-state index contributed by atoms with van der Waals surface area (Å²) in [6.45, 7) is 7.38. The first-order valence-corrected chi connectivity index (χ1v) is 8.88. The molecule has 0 radical (unpaired) electrons. The Labute approximate surface area is 111 Å². The summed E-state index contributed by atoms with van der Waals surface area (Å²) in [5.41, 5.74) is 0. The minimum atomic E-state index is -2.89. The van der Waals surface area contributed by atoms with Gasteiger partial charge in [0, 0.05) is 19.1 Å². The first-order valence-electron chi connectivity index (χ1n) is 7.16. The van der Waals surface area contributed by atoms with E-state index < -0.39 is 9.84 Å². The van der Waals surface area contributed by atoms with Gasteiger partial charge in [0.1, 0.15) is 0 Å². The average Bonchev–Trinajstić information content (AvgIpc) is 3.12. The van der Waals surface area contributed by atoms with Gasteiger partial charge in [0.05, 0.1) is 11.0 Å². The van der Waals surface area contributed by atoms with Crippen molar-refractivity contribution in [3.63, 3.8) is 0 Å². The second kappa shape index (κ2) is 5.88. The van der Waals surface area contributed by atoms with Crippen LogP contribution in [0.1, 0.15) is 33.1 Å². The first-order chi connectivity index (χ1) is 8.49. The minimum absolute atomic E-state index is 0.248. The molecule has 2 fully saturated rings. The molecule has 2 aliphatic rings. The van der Waals surface area contributed by atoms with E-state index in [0.29, 0.717) is 18.3 Å². The quantitative estimate of drug-likeness (QED) is 0.809. The van der Waals surface area contributed by atoms with Crippen LogP contribution < -0.4 is 5.32 Å². The van der Waals surface area contributed by atoms with Crippen LogP contribution in [0.2, 0.25) is 0 Å². The number of nitrogens with one attached hydrogen (secondary N) is 1. The van der Waals surface area contributed by atoms with E-state index in [2.05, 4.69) is 10.2 Å². The Balaban J connectivity index is 1.84. The predicted octanol–water partition coefficient (Wildman–Crippen LogP) is 0.884. The van der Waals surface area contributed by atoms with Crippen LogP contribution in [0.4, 0.5) is 0 Å². The van der Waals surface area contributed by atoms with Gasteiger partial charge in [-0.2, -0.15) is 0 Å². The van der Waals surface area contributed by atoms with Crippen LogP contribution in [0.5, 0.6) is 0 Å². The highest BCUT2D eigenvalue weighted by atomic mass is 32.2. The number of hydrogen-bond acceptors (Lipinski definition) is 4. The topological polar surface area (TPSA) is 49.4 Å². The lowest BCUT2D eigenvalue weighted by Gasteiger charge is -2.24. The Kier molecular flexibility index (Phi) is 4.67. The molecule has 1 unspecified atom stereocenters. The normalized spacial score (nSPS) is 27.4. The maximum Gasteiger partial charge on any atom is 0.153 e. The number of sulfone groups is 1. The maximum absolute atomic E-state index is 11.8. The van der Waals surface area contributed by atoms with Gasteiger partial charge in [-0.05, 0) is 52.1 Å². The van der Waals surface area contributed by atoms with E-state index in [4.69, 9.17) is 0 Å². The van der Waals surface area contributed by atoms with E-state index in [0.717, 1.165) is 32.0 Å². The Morgan fingerprint density at radius 3 is 2.67 bits per heavy atom. The smallest absolute Gasteiger partial charge is 0.153 e. The van der Waals surface area contributed by atoms with Crippen molar-refractivity contribution < 1.29 is 8.42 Å². The van der Waals surface area contributed by atoms with Crippen molar-refractivity contribution >= 4 is 9.84 Å². The van der Waals surface area contributed by atoms with Gasteiger partial charge in [-0.3, -0.25) is 0 Å². The molecule has 1 atom stereocenters. The molecule has 2 rings (SSSR count). The fourth-order valence-electron chi connectivity index (χ4n) is 2.53. The lowest BCUT2D eigenvalue weighted by molar-refractivity contribution is 0.272. The van der Waals surface area contributed by atoms with Crippen LogP contribution in [-0.2, 0) is 9.84 Å². The van der Waals surface area contributed by atoms with Crippen molar-refractivity contribution in [1.82, 2.24) is 10.2 Å². The van der Waals surface area contributed by atoms with Gasteiger partial charge < -0.3 is 10.2 Å². The molecule has 0 aromatic rings. The van der Waals surface area contributed by atoms with Crippen LogP contribution in [0, 0.1) is 5.92 Å². The van der Waals surface area contributed by atoms with E-state index in [1.807, 2.05) is 0 Å². The number of nitrogens with zero attached hydrogens (tertiary/aromatic N) is 1. The third-order valence-corrected chi connectivity index (χ3v) is 6.30. The molecule has 1 aliphatic carbocycles. The molecule has 106 valence electrons. The summed E-state index contributed by atoms with van der Waals surface area (Å²) in [7, 11) is -2.89. The molecule has 0 bridgehead atoms. The Morgan fingerprint density at radius 2 is 2.06 bits per heavy atom. The fourth-order valence-corrected chi connectivity index (χ4v) is 3.52. The van der Waals surface area contributed by atoms with Crippen LogP contribution in [0.3, 0.4) is 0 Å². The molecule has 1 N–H and O–H groups in total. The van der Waals surface area contributed by atoms with Gasteiger partial charge in [-0.1, -0.05) is 0 Å². The zero-order valence-corrected chi connectivity index (χ0v) is 12.4. The van der Waals surface area contributed by atoms with Crippen LogP contribution in [0.25, 0.3) is 0 Å². The molecule has 0 aromatic carbocycles. The molecular formula is C13H26N2O2S. The SMILES string of the molecule is CC(C)S(=O)(=O)CCN1CCCNC(C2CC2)C1. The molecule has 0 aromatic heterocycles. The molecule has 5 heteroatoms. The van der Waals surface area contributed by atoms with Crippen molar-refractivity contribution in [2.75, 3.05) is 31.9 Å². The first kappa shape index (κ1) is 14.3. The summed E-state index contributed by atoms with van der Waals surface area (Å²) in [5, 5.41) is 3.35. The van der Waals surface area contributed by atoms with Crippen LogP contribution >= 0.6 is 0 Å². The maximum atomic E-state index is 11.8. The highest BCUT2D eigenvalue weighted by Crippen LogP contribution is 2.33. The van der Waals surface area contributed by atoms with Gasteiger partial charge in [0.15, 0.2) is 9.84 Å². The van der Waals surface area contributed by atoms with E-state index in [-0.39, 0.29) is 5.25 Å². The molecule has 1 heterocycles. The third-order valence-electron chi connectivity index (χ3n) is 4.11. The Hall–Kier alpha value is -0.130. The predicted molar refractivity (Wildman–Crippen MR) is 74.5 cm³/mol. The molecule has 4 nitrogen and oxygen atoms in total. The Bertz CT molecular complexity index is 363. The molecule has 18 heavy (non-hydrogen) atoms. The monoisotopic (exact) mass is 274 g/mol. The van der Waals surface area contributed by atoms with Gasteiger partial charge >= 0.3 is 0 Å². The standard InChI is InChI=1S/C13H26N2O2S/c1-11(2)18(16,17)9-8-15-7-3-6-14-13(10-15)12-4-5-12/h11-14H,3-10H2,1-2H3. The van der Waals surface area contributed by atoms with Gasteiger partial charge in [0.2, 0.25) is 0 Å². The van der Waals surface area contributed by atoms with Crippen molar-refractivity contribution in [2.24, 2.45) is 5.92 Å². The van der Waals surface area contributed by atoms with E-state index in [9.17, 15) is 8.42 Å². The Morgan fingerprint density at radius 1 is 1.33 bits per heavy atom. The third kappa shape index (κ3) is 3.93. The van der Waals surface area contributed by atoms with Crippen molar-refractivity contribution in [3.8, 4) is 0 Å². The second-order valence-corrected chi connectivity index (χ2v) is 8.64. The van der Waals surface area contributed by atoms with Crippen LogP contribution in [0.15, 0.2) is 0 Å². The largest absolute Gasteiger partial charge is 0.312 e. The van der Waals surface area contributed by atoms with Gasteiger partial charge in [0.25, 0.3) is 0 Å².